The van der Waals surface area contributed by atoms with E-state index in [1.54, 1.807) is 0 Å². The summed E-state index contributed by atoms with van der Waals surface area (Å²) >= 11 is 0. The summed E-state index contributed by atoms with van der Waals surface area (Å²) in [6, 6.07) is 0. The molecular weight excluding hydrogens is 289 g/mol. The number of piperidine rings is 2. The Morgan fingerprint density at radius 1 is 0.778 bits per heavy atom. The van der Waals surface area contributed by atoms with Crippen LogP contribution in [-0.2, 0) is 0 Å². The lowest BCUT2D eigenvalue weighted by Gasteiger charge is -2.21. The summed E-state index contributed by atoms with van der Waals surface area (Å²) in [6.07, 6.45) is -2.47. The summed E-state index contributed by atoms with van der Waals surface area (Å²) in [6.45, 7) is 2.09. The van der Waals surface area contributed by atoms with Gasteiger partial charge in [0.15, 0.2) is 0 Å². The Balaban J connectivity index is 0. The molecule has 112 valence electrons. The van der Waals surface area contributed by atoms with Gasteiger partial charge < -0.3 is 20.8 Å². The highest BCUT2D eigenvalue weighted by Gasteiger charge is 2.21. The predicted octanol–water partition coefficient (Wildman–Crippen LogP) is 0.201. The van der Waals surface area contributed by atoms with Crippen LogP contribution in [0.15, 0.2) is 0 Å². The zero-order chi connectivity index (χ0) is 12.0. The Morgan fingerprint density at radius 3 is 1.28 bits per heavy atom. The Hall–Kier alpha value is 0.280. The van der Waals surface area contributed by atoms with Crippen LogP contribution in [0.5, 0.6) is 0 Å². The maximum absolute atomic E-state index is 12.3. The van der Waals surface area contributed by atoms with Crippen LogP contribution >= 0.6 is 24.8 Å². The van der Waals surface area contributed by atoms with Crippen LogP contribution in [0.4, 0.5) is 8.78 Å². The molecule has 4 N–H and O–H groups in total. The number of hydrogen-bond donors (Lipinski definition) is 4. The summed E-state index contributed by atoms with van der Waals surface area (Å²) < 4.78 is 24.5. The SMILES string of the molecule is Cl.Cl.O[C@@H]1CCNC[C@H]1F.O[C@H]1CCNC[C@@H]1F. The van der Waals surface area contributed by atoms with Crippen molar-refractivity contribution >= 4 is 24.8 Å². The van der Waals surface area contributed by atoms with Crippen LogP contribution in [0, 0.1) is 0 Å². The highest BCUT2D eigenvalue weighted by atomic mass is 35.5. The zero-order valence-corrected chi connectivity index (χ0v) is 11.7. The second-order valence-electron chi connectivity index (χ2n) is 4.15. The van der Waals surface area contributed by atoms with Crippen LogP contribution < -0.4 is 10.6 Å². The Kier molecular flexibility index (Phi) is 12.7. The fourth-order valence-electron chi connectivity index (χ4n) is 1.61. The molecule has 0 unspecified atom stereocenters. The number of aliphatic hydroxyl groups excluding tert-OH is 2. The lowest BCUT2D eigenvalue weighted by molar-refractivity contribution is 0.0531. The van der Waals surface area contributed by atoms with E-state index in [4.69, 9.17) is 10.2 Å². The summed E-state index contributed by atoms with van der Waals surface area (Å²) in [7, 11) is 0. The van der Waals surface area contributed by atoms with Crippen molar-refractivity contribution in [2.75, 3.05) is 26.2 Å². The molecule has 0 spiro atoms. The minimum atomic E-state index is -1.05. The van der Waals surface area contributed by atoms with Crippen LogP contribution in [0.3, 0.4) is 0 Å². The van der Waals surface area contributed by atoms with Crippen molar-refractivity contribution in [1.29, 1.82) is 0 Å². The molecule has 18 heavy (non-hydrogen) atoms. The average molecular weight is 311 g/mol. The highest BCUT2D eigenvalue weighted by Crippen LogP contribution is 2.06. The first-order valence-corrected chi connectivity index (χ1v) is 5.67. The largest absolute Gasteiger partial charge is 0.390 e. The van der Waals surface area contributed by atoms with Gasteiger partial charge in [-0.2, -0.15) is 0 Å². The van der Waals surface area contributed by atoms with E-state index in [-0.39, 0.29) is 24.8 Å². The predicted molar refractivity (Wildman–Crippen MR) is 71.3 cm³/mol. The highest BCUT2D eigenvalue weighted by molar-refractivity contribution is 5.85. The molecule has 0 radical (unpaired) electrons. The molecular formula is C10H22Cl2F2N2O2. The van der Waals surface area contributed by atoms with Gasteiger partial charge in [-0.15, -0.1) is 24.8 Å². The van der Waals surface area contributed by atoms with Gasteiger partial charge in [0.2, 0.25) is 0 Å². The summed E-state index contributed by atoms with van der Waals surface area (Å²) in [4.78, 5) is 0. The Bertz CT molecular complexity index is 167. The second kappa shape index (κ2) is 11.1. The molecule has 0 aromatic carbocycles. The lowest BCUT2D eigenvalue weighted by Crippen LogP contribution is -2.41. The van der Waals surface area contributed by atoms with Crippen molar-refractivity contribution in [3.05, 3.63) is 0 Å². The van der Waals surface area contributed by atoms with Gasteiger partial charge in [-0.1, -0.05) is 0 Å². The fourth-order valence-corrected chi connectivity index (χ4v) is 1.61. The molecule has 2 aliphatic rings. The average Bonchev–Trinajstić information content (AvgIpc) is 2.28. The first-order valence-electron chi connectivity index (χ1n) is 5.67. The van der Waals surface area contributed by atoms with Crippen molar-refractivity contribution < 1.29 is 19.0 Å². The molecule has 0 aromatic heterocycles. The van der Waals surface area contributed by atoms with E-state index < -0.39 is 24.6 Å². The maximum Gasteiger partial charge on any atom is 0.138 e. The van der Waals surface area contributed by atoms with Crippen LogP contribution in [-0.4, -0.2) is 60.9 Å². The first kappa shape index (κ1) is 20.6. The van der Waals surface area contributed by atoms with Gasteiger partial charge in [0.05, 0.1) is 12.2 Å². The third-order valence-corrected chi connectivity index (χ3v) is 2.75. The van der Waals surface area contributed by atoms with E-state index in [1.165, 1.54) is 0 Å². The van der Waals surface area contributed by atoms with Gasteiger partial charge >= 0.3 is 0 Å². The molecule has 0 aliphatic carbocycles. The summed E-state index contributed by atoms with van der Waals surface area (Å²) in [5.74, 6) is 0. The molecule has 8 heteroatoms. The van der Waals surface area contributed by atoms with Crippen molar-refractivity contribution in [2.45, 2.75) is 37.4 Å². The fraction of sp³-hybridized carbons (Fsp3) is 1.00. The van der Waals surface area contributed by atoms with Crippen molar-refractivity contribution in [2.24, 2.45) is 0 Å². The van der Waals surface area contributed by atoms with Gasteiger partial charge in [0, 0.05) is 13.1 Å². The third kappa shape index (κ3) is 7.66. The molecule has 0 bridgehead atoms. The monoisotopic (exact) mass is 310 g/mol. The third-order valence-electron chi connectivity index (χ3n) is 2.75. The zero-order valence-electron chi connectivity index (χ0n) is 10.0. The molecule has 0 saturated carbocycles. The van der Waals surface area contributed by atoms with Gasteiger partial charge in [-0.05, 0) is 25.9 Å². The van der Waals surface area contributed by atoms with E-state index in [0.29, 0.717) is 25.9 Å². The van der Waals surface area contributed by atoms with E-state index in [9.17, 15) is 8.78 Å². The molecule has 2 aliphatic heterocycles. The first-order chi connectivity index (χ1) is 7.61. The van der Waals surface area contributed by atoms with Crippen molar-refractivity contribution in [3.8, 4) is 0 Å². The van der Waals surface area contributed by atoms with E-state index >= 15 is 0 Å². The molecule has 2 saturated heterocycles. The van der Waals surface area contributed by atoms with Gasteiger partial charge in [-0.3, -0.25) is 0 Å². The summed E-state index contributed by atoms with van der Waals surface area (Å²) in [5, 5.41) is 23.2. The van der Waals surface area contributed by atoms with Gasteiger partial charge in [0.1, 0.15) is 12.3 Å². The Morgan fingerprint density at radius 2 is 1.11 bits per heavy atom. The topological polar surface area (TPSA) is 64.5 Å². The number of rotatable bonds is 0. The molecule has 2 heterocycles. The molecule has 2 fully saturated rings. The lowest BCUT2D eigenvalue weighted by atomic mass is 10.1. The normalized spacial score (nSPS) is 35.3. The molecule has 2 rings (SSSR count). The number of alkyl halides is 2. The Labute approximate surface area is 118 Å². The molecule has 4 atom stereocenters. The van der Waals surface area contributed by atoms with Crippen LogP contribution in [0.1, 0.15) is 12.8 Å². The molecule has 0 amide bonds. The number of halogens is 4. The quantitative estimate of drug-likeness (QED) is 0.516. The maximum atomic E-state index is 12.3. The van der Waals surface area contributed by atoms with Crippen LogP contribution in [0.25, 0.3) is 0 Å². The van der Waals surface area contributed by atoms with E-state index in [0.717, 1.165) is 13.1 Å². The number of hydrogen-bond acceptors (Lipinski definition) is 4. The number of nitrogens with one attached hydrogen (secondary N) is 2. The smallest absolute Gasteiger partial charge is 0.138 e. The summed E-state index contributed by atoms with van der Waals surface area (Å²) in [5.41, 5.74) is 0. The second-order valence-corrected chi connectivity index (χ2v) is 4.15. The van der Waals surface area contributed by atoms with Crippen molar-refractivity contribution in [3.63, 3.8) is 0 Å². The van der Waals surface area contributed by atoms with Crippen LogP contribution in [0.2, 0.25) is 0 Å². The number of aliphatic hydroxyl groups is 2. The van der Waals surface area contributed by atoms with Gasteiger partial charge in [-0.25, -0.2) is 8.78 Å². The van der Waals surface area contributed by atoms with E-state index in [1.807, 2.05) is 0 Å². The standard InChI is InChI=1S/2C5H10FNO.2ClH/c2*6-4-3-7-2-1-5(4)8;;/h2*4-5,7-8H,1-3H2;2*1H/t2*4-,5-;;/m10../s1. The molecule has 0 aromatic rings. The van der Waals surface area contributed by atoms with Gasteiger partial charge in [0.25, 0.3) is 0 Å². The minimum Gasteiger partial charge on any atom is -0.390 e. The minimum absolute atomic E-state index is 0. The molecule has 4 nitrogen and oxygen atoms in total. The van der Waals surface area contributed by atoms with E-state index in [2.05, 4.69) is 10.6 Å². The van der Waals surface area contributed by atoms with Crippen molar-refractivity contribution in [1.82, 2.24) is 10.6 Å².